The Bertz CT molecular complexity index is 407. The van der Waals surface area contributed by atoms with Crippen LogP contribution in [0, 0.1) is 0 Å². The maximum absolute atomic E-state index is 11.9. The van der Waals surface area contributed by atoms with E-state index in [1.165, 1.54) is 25.7 Å². The van der Waals surface area contributed by atoms with Crippen molar-refractivity contribution in [3.63, 3.8) is 0 Å². The van der Waals surface area contributed by atoms with E-state index < -0.39 is 0 Å². The molecule has 0 saturated heterocycles. The number of carbonyl (C=O) groups excluding carboxylic acids is 1. The summed E-state index contributed by atoms with van der Waals surface area (Å²) in [6, 6.07) is 4.94. The summed E-state index contributed by atoms with van der Waals surface area (Å²) in [5.74, 6) is -0.122. The number of nitrogens with one attached hydrogen (secondary N) is 1. The number of unbranched alkanes of at least 4 members (excludes halogenated alkanes) is 5. The van der Waals surface area contributed by atoms with E-state index in [0.717, 1.165) is 12.8 Å². The molecule has 3 N–H and O–H groups in total. The summed E-state index contributed by atoms with van der Waals surface area (Å²) in [5, 5.41) is 3.43. The van der Waals surface area contributed by atoms with Crippen LogP contribution in [0.1, 0.15) is 55.8 Å². The first-order valence-corrected chi connectivity index (χ1v) is 7.36. The molecular weight excluding hydrogens is 260 g/mol. The Balaban J connectivity index is 2.24. The lowest BCUT2D eigenvalue weighted by Crippen LogP contribution is -2.25. The lowest BCUT2D eigenvalue weighted by Gasteiger charge is -2.07. The monoisotopic (exact) mass is 282 g/mol. The van der Waals surface area contributed by atoms with E-state index in [1.54, 1.807) is 18.2 Å². The summed E-state index contributed by atoms with van der Waals surface area (Å²) in [6.45, 7) is 2.91. The van der Waals surface area contributed by atoms with E-state index in [-0.39, 0.29) is 5.91 Å². The SMILES string of the molecule is CCCCCCCCNC(=O)c1ccc(Cl)cc1N. The van der Waals surface area contributed by atoms with Gasteiger partial charge in [-0.25, -0.2) is 0 Å². The molecule has 0 bridgehead atoms. The number of nitrogens with two attached hydrogens (primary N) is 1. The lowest BCUT2D eigenvalue weighted by molar-refractivity contribution is 0.0954. The predicted octanol–water partition coefficient (Wildman–Crippen LogP) is 4.01. The van der Waals surface area contributed by atoms with Crippen molar-refractivity contribution in [3.8, 4) is 0 Å². The van der Waals surface area contributed by atoms with Crippen LogP contribution in [-0.4, -0.2) is 12.5 Å². The number of rotatable bonds is 8. The number of amides is 1. The minimum Gasteiger partial charge on any atom is -0.398 e. The van der Waals surface area contributed by atoms with Crippen molar-refractivity contribution >= 4 is 23.2 Å². The van der Waals surface area contributed by atoms with E-state index in [1.807, 2.05) is 0 Å². The average molecular weight is 283 g/mol. The van der Waals surface area contributed by atoms with Crippen LogP contribution in [0.4, 0.5) is 5.69 Å². The molecule has 0 unspecified atom stereocenters. The van der Waals surface area contributed by atoms with Crippen molar-refractivity contribution in [1.29, 1.82) is 0 Å². The zero-order valence-corrected chi connectivity index (χ0v) is 12.3. The van der Waals surface area contributed by atoms with Gasteiger partial charge in [0, 0.05) is 17.3 Å². The van der Waals surface area contributed by atoms with Crippen molar-refractivity contribution in [2.75, 3.05) is 12.3 Å². The van der Waals surface area contributed by atoms with Gasteiger partial charge in [0.2, 0.25) is 0 Å². The van der Waals surface area contributed by atoms with Crippen LogP contribution in [0.3, 0.4) is 0 Å². The number of nitrogen functional groups attached to an aromatic ring is 1. The Morgan fingerprint density at radius 3 is 2.58 bits per heavy atom. The van der Waals surface area contributed by atoms with E-state index in [2.05, 4.69) is 12.2 Å². The van der Waals surface area contributed by atoms with Crippen LogP contribution in [0.5, 0.6) is 0 Å². The Kier molecular flexibility index (Phi) is 7.34. The number of benzene rings is 1. The highest BCUT2D eigenvalue weighted by atomic mass is 35.5. The molecule has 0 aliphatic rings. The Morgan fingerprint density at radius 1 is 1.21 bits per heavy atom. The molecule has 0 saturated carbocycles. The van der Waals surface area contributed by atoms with Crippen LogP contribution in [0.15, 0.2) is 18.2 Å². The fourth-order valence-electron chi connectivity index (χ4n) is 1.94. The highest BCUT2D eigenvalue weighted by molar-refractivity contribution is 6.31. The molecule has 1 amide bonds. The fourth-order valence-corrected chi connectivity index (χ4v) is 2.12. The van der Waals surface area contributed by atoms with Crippen LogP contribution in [0.25, 0.3) is 0 Å². The second-order valence-electron chi connectivity index (χ2n) is 4.76. The highest BCUT2D eigenvalue weighted by Crippen LogP contribution is 2.17. The van der Waals surface area contributed by atoms with Gasteiger partial charge in [-0.05, 0) is 24.6 Å². The van der Waals surface area contributed by atoms with Crippen molar-refractivity contribution in [2.45, 2.75) is 45.4 Å². The van der Waals surface area contributed by atoms with Crippen LogP contribution < -0.4 is 11.1 Å². The van der Waals surface area contributed by atoms with Crippen molar-refractivity contribution in [1.82, 2.24) is 5.32 Å². The number of hydrogen-bond donors (Lipinski definition) is 2. The van der Waals surface area contributed by atoms with E-state index in [9.17, 15) is 4.79 Å². The summed E-state index contributed by atoms with van der Waals surface area (Å²) in [4.78, 5) is 11.9. The third-order valence-corrected chi connectivity index (χ3v) is 3.31. The normalized spacial score (nSPS) is 10.4. The first-order valence-electron chi connectivity index (χ1n) is 6.98. The summed E-state index contributed by atoms with van der Waals surface area (Å²) in [6.07, 6.45) is 7.26. The molecular formula is C15H23ClN2O. The van der Waals surface area contributed by atoms with Crippen LogP contribution in [0.2, 0.25) is 5.02 Å². The van der Waals surface area contributed by atoms with Crippen molar-refractivity contribution < 1.29 is 4.79 Å². The Morgan fingerprint density at radius 2 is 1.89 bits per heavy atom. The molecule has 0 radical (unpaired) electrons. The minimum atomic E-state index is -0.122. The molecule has 0 aliphatic heterocycles. The molecule has 0 aromatic heterocycles. The standard InChI is InChI=1S/C15H23ClN2O/c1-2-3-4-5-6-7-10-18-15(19)13-9-8-12(16)11-14(13)17/h8-9,11H,2-7,10,17H2,1H3,(H,18,19). The lowest BCUT2D eigenvalue weighted by atomic mass is 10.1. The summed E-state index contributed by atoms with van der Waals surface area (Å²) in [5.41, 5.74) is 6.68. The van der Waals surface area contributed by atoms with Gasteiger partial charge >= 0.3 is 0 Å². The van der Waals surface area contributed by atoms with Gasteiger partial charge < -0.3 is 11.1 Å². The first-order chi connectivity index (χ1) is 9.15. The molecule has 1 aromatic rings. The topological polar surface area (TPSA) is 55.1 Å². The van der Waals surface area contributed by atoms with E-state index >= 15 is 0 Å². The van der Waals surface area contributed by atoms with Gasteiger partial charge in [0.25, 0.3) is 5.91 Å². The molecule has 0 heterocycles. The third-order valence-electron chi connectivity index (χ3n) is 3.07. The highest BCUT2D eigenvalue weighted by Gasteiger charge is 2.08. The minimum absolute atomic E-state index is 0.122. The number of carbonyl (C=O) groups is 1. The molecule has 1 rings (SSSR count). The van der Waals surface area contributed by atoms with Gasteiger partial charge in [-0.2, -0.15) is 0 Å². The second kappa shape index (κ2) is 8.81. The molecule has 1 aromatic carbocycles. The number of halogens is 1. The first kappa shape index (κ1) is 15.8. The molecule has 0 spiro atoms. The predicted molar refractivity (Wildman–Crippen MR) is 81.6 cm³/mol. The molecule has 0 fully saturated rings. The van der Waals surface area contributed by atoms with Gasteiger partial charge in [0.1, 0.15) is 0 Å². The van der Waals surface area contributed by atoms with E-state index in [4.69, 9.17) is 17.3 Å². The Labute approximate surface area is 120 Å². The second-order valence-corrected chi connectivity index (χ2v) is 5.19. The number of hydrogen-bond acceptors (Lipinski definition) is 2. The summed E-state index contributed by atoms with van der Waals surface area (Å²) in [7, 11) is 0. The zero-order valence-electron chi connectivity index (χ0n) is 11.5. The van der Waals surface area contributed by atoms with Crippen molar-refractivity contribution in [2.24, 2.45) is 0 Å². The van der Waals surface area contributed by atoms with Crippen LogP contribution >= 0.6 is 11.6 Å². The molecule has 0 aliphatic carbocycles. The zero-order chi connectivity index (χ0) is 14.1. The molecule has 19 heavy (non-hydrogen) atoms. The largest absolute Gasteiger partial charge is 0.398 e. The molecule has 0 atom stereocenters. The fraction of sp³-hybridized carbons (Fsp3) is 0.533. The quantitative estimate of drug-likeness (QED) is 0.559. The third kappa shape index (κ3) is 5.97. The number of anilines is 1. The summed E-state index contributed by atoms with van der Waals surface area (Å²) < 4.78 is 0. The van der Waals surface area contributed by atoms with Crippen LogP contribution in [-0.2, 0) is 0 Å². The van der Waals surface area contributed by atoms with Crippen molar-refractivity contribution in [3.05, 3.63) is 28.8 Å². The van der Waals surface area contributed by atoms with Gasteiger partial charge in [-0.1, -0.05) is 50.6 Å². The maximum atomic E-state index is 11.9. The van der Waals surface area contributed by atoms with Gasteiger partial charge in [-0.3, -0.25) is 4.79 Å². The summed E-state index contributed by atoms with van der Waals surface area (Å²) >= 11 is 5.80. The maximum Gasteiger partial charge on any atom is 0.253 e. The van der Waals surface area contributed by atoms with Gasteiger partial charge in [0.05, 0.1) is 5.56 Å². The average Bonchev–Trinajstić information content (AvgIpc) is 2.37. The smallest absolute Gasteiger partial charge is 0.253 e. The molecule has 3 nitrogen and oxygen atoms in total. The molecule has 106 valence electrons. The van der Waals surface area contributed by atoms with Gasteiger partial charge in [0.15, 0.2) is 0 Å². The molecule has 4 heteroatoms. The van der Waals surface area contributed by atoms with Gasteiger partial charge in [-0.15, -0.1) is 0 Å². The Hall–Kier alpha value is -1.22. The van der Waals surface area contributed by atoms with E-state index in [0.29, 0.717) is 22.8 Å².